The molecular formula is C20H18N6OS2. The number of tetrazole rings is 1. The molecule has 0 aliphatic carbocycles. The number of hydrogen-bond acceptors (Lipinski definition) is 7. The summed E-state index contributed by atoms with van der Waals surface area (Å²) < 4.78 is 1.61. The summed E-state index contributed by atoms with van der Waals surface area (Å²) in [5.41, 5.74) is 5.13. The molecule has 29 heavy (non-hydrogen) atoms. The molecule has 0 atom stereocenters. The van der Waals surface area contributed by atoms with E-state index in [1.807, 2.05) is 35.7 Å². The van der Waals surface area contributed by atoms with Crippen LogP contribution in [0.2, 0.25) is 0 Å². The van der Waals surface area contributed by atoms with E-state index in [9.17, 15) is 4.79 Å². The highest BCUT2D eigenvalue weighted by Gasteiger charge is 2.13. The molecule has 9 heteroatoms. The van der Waals surface area contributed by atoms with E-state index in [0.717, 1.165) is 22.5 Å². The molecule has 0 aliphatic heterocycles. The minimum atomic E-state index is -0.153. The van der Waals surface area contributed by atoms with Crippen LogP contribution >= 0.6 is 23.1 Å². The molecule has 2 heterocycles. The molecule has 0 bridgehead atoms. The van der Waals surface area contributed by atoms with Crippen molar-refractivity contribution in [2.75, 3.05) is 11.1 Å². The van der Waals surface area contributed by atoms with Gasteiger partial charge in [0.15, 0.2) is 5.13 Å². The maximum absolute atomic E-state index is 12.4. The van der Waals surface area contributed by atoms with Crippen LogP contribution in [0.25, 0.3) is 16.9 Å². The lowest BCUT2D eigenvalue weighted by Crippen LogP contribution is -2.14. The number of thiazole rings is 1. The first-order chi connectivity index (χ1) is 14.1. The normalized spacial score (nSPS) is 10.8. The van der Waals surface area contributed by atoms with Gasteiger partial charge in [0.05, 0.1) is 17.1 Å². The summed E-state index contributed by atoms with van der Waals surface area (Å²) in [6.45, 7) is 4.11. The summed E-state index contributed by atoms with van der Waals surface area (Å²) in [6.07, 6.45) is 0. The summed E-state index contributed by atoms with van der Waals surface area (Å²) in [5.74, 6) is 0.0328. The lowest BCUT2D eigenvalue weighted by atomic mass is 10.0. The molecule has 0 saturated carbocycles. The Balaban J connectivity index is 1.40. The number of para-hydroxylation sites is 1. The van der Waals surface area contributed by atoms with Crippen molar-refractivity contribution >= 4 is 34.1 Å². The maximum atomic E-state index is 12.4. The number of rotatable bonds is 6. The van der Waals surface area contributed by atoms with Crippen molar-refractivity contribution in [3.8, 4) is 16.9 Å². The Morgan fingerprint density at radius 3 is 2.83 bits per heavy atom. The molecule has 0 aliphatic rings. The van der Waals surface area contributed by atoms with E-state index in [-0.39, 0.29) is 11.7 Å². The Morgan fingerprint density at radius 2 is 2.00 bits per heavy atom. The third-order valence-corrected chi connectivity index (χ3v) is 5.87. The number of carbonyl (C=O) groups is 1. The number of thioether (sulfide) groups is 1. The molecule has 2 aromatic heterocycles. The monoisotopic (exact) mass is 422 g/mol. The summed E-state index contributed by atoms with van der Waals surface area (Å²) in [7, 11) is 0. The summed E-state index contributed by atoms with van der Waals surface area (Å²) in [4.78, 5) is 16.9. The van der Waals surface area contributed by atoms with Crippen molar-refractivity contribution in [2.24, 2.45) is 0 Å². The van der Waals surface area contributed by atoms with Crippen LogP contribution in [-0.4, -0.2) is 36.9 Å². The van der Waals surface area contributed by atoms with Gasteiger partial charge >= 0.3 is 0 Å². The van der Waals surface area contributed by atoms with Crippen LogP contribution in [-0.2, 0) is 4.79 Å². The van der Waals surface area contributed by atoms with Gasteiger partial charge in [-0.25, -0.2) is 4.98 Å². The van der Waals surface area contributed by atoms with Gasteiger partial charge in [0.1, 0.15) is 0 Å². The van der Waals surface area contributed by atoms with Crippen molar-refractivity contribution < 1.29 is 4.79 Å². The predicted octanol–water partition coefficient (Wildman–Crippen LogP) is 4.13. The standard InChI is InChI=1S/C20H18N6OS2/c1-13-8-9-14(2)16(10-13)17-11-28-19(21-17)22-18(27)12-29-20-23-24-25-26(20)15-6-4-3-5-7-15/h3-11H,12H2,1-2H3,(H,21,22,27). The van der Waals surface area contributed by atoms with Gasteiger partial charge in [-0.15, -0.1) is 16.4 Å². The molecule has 0 spiro atoms. The molecular weight excluding hydrogens is 404 g/mol. The van der Waals surface area contributed by atoms with E-state index in [4.69, 9.17) is 0 Å². The fourth-order valence-corrected chi connectivity index (χ4v) is 4.17. The lowest BCUT2D eigenvalue weighted by Gasteiger charge is -2.05. The number of aromatic nitrogens is 5. The first-order valence-electron chi connectivity index (χ1n) is 8.90. The molecule has 7 nitrogen and oxygen atoms in total. The van der Waals surface area contributed by atoms with E-state index in [1.54, 1.807) is 4.68 Å². The molecule has 146 valence electrons. The number of benzene rings is 2. The van der Waals surface area contributed by atoms with Gasteiger partial charge in [0.2, 0.25) is 11.1 Å². The number of anilines is 1. The van der Waals surface area contributed by atoms with E-state index in [0.29, 0.717) is 10.3 Å². The van der Waals surface area contributed by atoms with Crippen molar-refractivity contribution in [3.63, 3.8) is 0 Å². The SMILES string of the molecule is Cc1ccc(C)c(-c2csc(NC(=O)CSc3nnnn3-c3ccccc3)n2)c1. The van der Waals surface area contributed by atoms with E-state index >= 15 is 0 Å². The molecule has 0 fully saturated rings. The predicted molar refractivity (Wildman–Crippen MR) is 116 cm³/mol. The van der Waals surface area contributed by atoms with Gasteiger partial charge in [0.25, 0.3) is 0 Å². The van der Waals surface area contributed by atoms with Crippen LogP contribution in [0.4, 0.5) is 5.13 Å². The second-order valence-corrected chi connectivity index (χ2v) is 8.20. The first-order valence-corrected chi connectivity index (χ1v) is 10.8. The van der Waals surface area contributed by atoms with Crippen LogP contribution in [0.15, 0.2) is 59.1 Å². The van der Waals surface area contributed by atoms with Gasteiger partial charge in [-0.1, -0.05) is 47.7 Å². The van der Waals surface area contributed by atoms with Crippen LogP contribution in [0.5, 0.6) is 0 Å². The fraction of sp³-hybridized carbons (Fsp3) is 0.150. The number of nitrogens with one attached hydrogen (secondary N) is 1. The van der Waals surface area contributed by atoms with Gasteiger partial charge in [-0.2, -0.15) is 4.68 Å². The zero-order valence-electron chi connectivity index (χ0n) is 15.9. The third kappa shape index (κ3) is 4.52. The number of hydrogen-bond donors (Lipinski definition) is 1. The Labute approximate surface area is 176 Å². The highest BCUT2D eigenvalue weighted by atomic mass is 32.2. The Hall–Kier alpha value is -3.04. The van der Waals surface area contributed by atoms with Crippen molar-refractivity contribution in [2.45, 2.75) is 19.0 Å². The minimum Gasteiger partial charge on any atom is -0.301 e. The topological polar surface area (TPSA) is 85.6 Å². The second-order valence-electron chi connectivity index (χ2n) is 6.40. The Morgan fingerprint density at radius 1 is 1.17 bits per heavy atom. The quantitative estimate of drug-likeness (QED) is 0.470. The zero-order valence-corrected chi connectivity index (χ0v) is 17.5. The van der Waals surface area contributed by atoms with E-state index in [2.05, 4.69) is 57.9 Å². The zero-order chi connectivity index (χ0) is 20.2. The van der Waals surface area contributed by atoms with Crippen LogP contribution in [0, 0.1) is 13.8 Å². The second kappa shape index (κ2) is 8.54. The lowest BCUT2D eigenvalue weighted by molar-refractivity contribution is -0.113. The number of aryl methyl sites for hydroxylation is 2. The average molecular weight is 423 g/mol. The minimum absolute atomic E-state index is 0.153. The Kier molecular flexibility index (Phi) is 5.68. The molecule has 0 unspecified atom stereocenters. The van der Waals surface area contributed by atoms with Crippen molar-refractivity contribution in [1.29, 1.82) is 0 Å². The van der Waals surface area contributed by atoms with Crippen molar-refractivity contribution in [1.82, 2.24) is 25.2 Å². The molecule has 4 rings (SSSR count). The van der Waals surface area contributed by atoms with E-state index in [1.165, 1.54) is 28.7 Å². The molecule has 1 amide bonds. The number of carbonyl (C=O) groups excluding carboxylic acids is 1. The molecule has 0 saturated heterocycles. The summed E-state index contributed by atoms with van der Waals surface area (Å²) in [6, 6.07) is 15.8. The Bertz CT molecular complexity index is 1140. The molecule has 1 N–H and O–H groups in total. The maximum Gasteiger partial charge on any atom is 0.236 e. The summed E-state index contributed by atoms with van der Waals surface area (Å²) in [5, 5.41) is 17.7. The van der Waals surface area contributed by atoms with Gasteiger partial charge < -0.3 is 5.32 Å². The van der Waals surface area contributed by atoms with Crippen LogP contribution in [0.3, 0.4) is 0 Å². The average Bonchev–Trinajstić information content (AvgIpc) is 3.38. The molecule has 4 aromatic rings. The first kappa shape index (κ1) is 19.3. The highest BCUT2D eigenvalue weighted by molar-refractivity contribution is 7.99. The van der Waals surface area contributed by atoms with Crippen LogP contribution in [0.1, 0.15) is 11.1 Å². The smallest absolute Gasteiger partial charge is 0.236 e. The highest BCUT2D eigenvalue weighted by Crippen LogP contribution is 2.28. The third-order valence-electron chi connectivity index (χ3n) is 4.19. The van der Waals surface area contributed by atoms with Gasteiger partial charge in [-0.3, -0.25) is 4.79 Å². The molecule has 2 aromatic carbocycles. The largest absolute Gasteiger partial charge is 0.301 e. The number of amides is 1. The number of nitrogens with zero attached hydrogens (tertiary/aromatic N) is 5. The van der Waals surface area contributed by atoms with Gasteiger partial charge in [0, 0.05) is 10.9 Å². The summed E-state index contributed by atoms with van der Waals surface area (Å²) >= 11 is 2.69. The molecule has 0 radical (unpaired) electrons. The van der Waals surface area contributed by atoms with E-state index < -0.39 is 0 Å². The fourth-order valence-electron chi connectivity index (χ4n) is 2.75. The van der Waals surface area contributed by atoms with Crippen LogP contribution < -0.4 is 5.32 Å². The van der Waals surface area contributed by atoms with Gasteiger partial charge in [-0.05, 0) is 48.0 Å². The van der Waals surface area contributed by atoms with Crippen molar-refractivity contribution in [3.05, 3.63) is 65.0 Å².